The van der Waals surface area contributed by atoms with Gasteiger partial charge in [-0.2, -0.15) is 0 Å². The maximum absolute atomic E-state index is 4.09. The van der Waals surface area contributed by atoms with E-state index < -0.39 is 0 Å². The quantitative estimate of drug-likeness (QED) is 0.875. The molecule has 19 heavy (non-hydrogen) atoms. The first-order chi connectivity index (χ1) is 9.22. The predicted octanol–water partition coefficient (Wildman–Crippen LogP) is 3.90. The number of pyridine rings is 1. The molecule has 0 aliphatic carbocycles. The van der Waals surface area contributed by atoms with Crippen molar-refractivity contribution in [3.63, 3.8) is 0 Å². The minimum atomic E-state index is 0.245. The smallest absolute Gasteiger partial charge is 0.0577 e. The molecular weight excluding hydrogens is 232 g/mol. The number of aromatic nitrogens is 1. The lowest BCUT2D eigenvalue weighted by molar-refractivity contribution is 0.629. The van der Waals surface area contributed by atoms with Gasteiger partial charge in [-0.3, -0.25) is 4.98 Å². The Morgan fingerprint density at radius 2 is 1.42 bits per heavy atom. The molecule has 2 nitrogen and oxygen atoms in total. The Bertz CT molecular complexity index is 488. The summed E-state index contributed by atoms with van der Waals surface area (Å²) in [6.45, 7) is 7.52. The Balaban J connectivity index is 2.29. The number of nitrogens with zero attached hydrogens (tertiary/aromatic N) is 1. The summed E-state index contributed by atoms with van der Waals surface area (Å²) in [6.07, 6.45) is 3.70. The summed E-state index contributed by atoms with van der Waals surface area (Å²) in [7, 11) is 0. The molecule has 0 amide bonds. The largest absolute Gasteiger partial charge is 0.307 e. The molecule has 1 atom stereocenters. The van der Waals surface area contributed by atoms with Gasteiger partial charge in [-0.25, -0.2) is 0 Å². The minimum absolute atomic E-state index is 0.245. The molecule has 0 bridgehead atoms. The van der Waals surface area contributed by atoms with Crippen molar-refractivity contribution < 1.29 is 0 Å². The van der Waals surface area contributed by atoms with Gasteiger partial charge in [0.25, 0.3) is 0 Å². The zero-order valence-electron chi connectivity index (χ0n) is 11.9. The molecule has 1 N–H and O–H groups in total. The van der Waals surface area contributed by atoms with Gasteiger partial charge in [0.2, 0.25) is 0 Å². The average Bonchev–Trinajstić information content (AvgIpc) is 2.46. The van der Waals surface area contributed by atoms with Gasteiger partial charge < -0.3 is 5.32 Å². The first-order valence-corrected chi connectivity index (χ1v) is 6.95. The molecule has 0 spiro atoms. The second-order valence-electron chi connectivity index (χ2n) is 5.09. The minimum Gasteiger partial charge on any atom is -0.307 e. The summed E-state index contributed by atoms with van der Waals surface area (Å²) < 4.78 is 0. The van der Waals surface area contributed by atoms with E-state index >= 15 is 0 Å². The normalized spacial score (nSPS) is 12.6. The maximum atomic E-state index is 4.09. The molecular formula is C17H22N2. The van der Waals surface area contributed by atoms with Crippen LogP contribution in [-0.4, -0.2) is 11.5 Å². The second-order valence-corrected chi connectivity index (χ2v) is 5.09. The predicted molar refractivity (Wildman–Crippen MR) is 80.3 cm³/mol. The van der Waals surface area contributed by atoms with Crippen LogP contribution < -0.4 is 5.32 Å². The number of hydrogen-bond acceptors (Lipinski definition) is 2. The number of nitrogens with one attached hydrogen (secondary N) is 1. The molecule has 1 unspecified atom stereocenters. The van der Waals surface area contributed by atoms with E-state index in [9.17, 15) is 0 Å². The van der Waals surface area contributed by atoms with Crippen LogP contribution in [0.15, 0.2) is 48.8 Å². The van der Waals surface area contributed by atoms with E-state index in [1.165, 1.54) is 16.7 Å². The van der Waals surface area contributed by atoms with Crippen LogP contribution in [0.2, 0.25) is 0 Å². The monoisotopic (exact) mass is 254 g/mol. The van der Waals surface area contributed by atoms with E-state index in [1.807, 2.05) is 12.4 Å². The Hall–Kier alpha value is -1.67. The number of hydrogen-bond donors (Lipinski definition) is 1. The molecule has 1 aromatic carbocycles. The summed E-state index contributed by atoms with van der Waals surface area (Å²) in [5.74, 6) is 0.576. The lowest BCUT2D eigenvalue weighted by Crippen LogP contribution is -2.22. The third-order valence-corrected chi connectivity index (χ3v) is 3.38. The molecule has 100 valence electrons. The van der Waals surface area contributed by atoms with E-state index in [0.717, 1.165) is 6.54 Å². The molecule has 2 heteroatoms. The van der Waals surface area contributed by atoms with Crippen LogP contribution in [0.4, 0.5) is 0 Å². The molecule has 1 heterocycles. The van der Waals surface area contributed by atoms with Crippen LogP contribution in [0.25, 0.3) is 0 Å². The summed E-state index contributed by atoms with van der Waals surface area (Å²) in [4.78, 5) is 4.09. The summed E-state index contributed by atoms with van der Waals surface area (Å²) in [5.41, 5.74) is 3.94. The van der Waals surface area contributed by atoms with E-state index in [-0.39, 0.29) is 6.04 Å². The Labute approximate surface area is 115 Å². The Morgan fingerprint density at radius 3 is 1.95 bits per heavy atom. The van der Waals surface area contributed by atoms with Gasteiger partial charge in [-0.05, 0) is 41.3 Å². The molecule has 0 radical (unpaired) electrons. The van der Waals surface area contributed by atoms with Crippen molar-refractivity contribution in [1.82, 2.24) is 10.3 Å². The van der Waals surface area contributed by atoms with Crippen LogP contribution in [0.1, 0.15) is 49.4 Å². The molecule has 2 rings (SSSR count). The summed E-state index contributed by atoms with van der Waals surface area (Å²) >= 11 is 0. The highest BCUT2D eigenvalue weighted by Gasteiger charge is 2.12. The highest BCUT2D eigenvalue weighted by atomic mass is 14.9. The Morgan fingerprint density at radius 1 is 0.895 bits per heavy atom. The molecule has 0 saturated heterocycles. The maximum Gasteiger partial charge on any atom is 0.0577 e. The molecule has 0 aliphatic rings. The number of rotatable bonds is 5. The highest BCUT2D eigenvalue weighted by molar-refractivity contribution is 5.33. The fourth-order valence-electron chi connectivity index (χ4n) is 2.26. The van der Waals surface area contributed by atoms with Crippen molar-refractivity contribution >= 4 is 0 Å². The molecule has 0 saturated carbocycles. The van der Waals surface area contributed by atoms with Crippen molar-refractivity contribution in [2.24, 2.45) is 0 Å². The third-order valence-electron chi connectivity index (χ3n) is 3.38. The lowest BCUT2D eigenvalue weighted by Gasteiger charge is -2.19. The summed E-state index contributed by atoms with van der Waals surface area (Å²) in [6, 6.07) is 13.3. The number of benzene rings is 1. The van der Waals surface area contributed by atoms with Gasteiger partial charge in [0, 0.05) is 12.4 Å². The van der Waals surface area contributed by atoms with Gasteiger partial charge in [-0.1, -0.05) is 45.0 Å². The van der Waals surface area contributed by atoms with Crippen molar-refractivity contribution in [2.75, 3.05) is 6.54 Å². The van der Waals surface area contributed by atoms with Crippen molar-refractivity contribution in [3.05, 3.63) is 65.5 Å². The molecule has 1 aromatic heterocycles. The molecule has 2 aromatic rings. The van der Waals surface area contributed by atoms with Gasteiger partial charge in [-0.15, -0.1) is 0 Å². The third kappa shape index (κ3) is 3.42. The first kappa shape index (κ1) is 13.8. The van der Waals surface area contributed by atoms with Crippen molar-refractivity contribution in [3.8, 4) is 0 Å². The van der Waals surface area contributed by atoms with Crippen LogP contribution in [-0.2, 0) is 0 Å². The first-order valence-electron chi connectivity index (χ1n) is 6.95. The lowest BCUT2D eigenvalue weighted by atomic mass is 9.96. The average molecular weight is 254 g/mol. The van der Waals surface area contributed by atoms with Crippen molar-refractivity contribution in [1.29, 1.82) is 0 Å². The SMILES string of the molecule is CCNC(c1ccncc1)c1ccc(C(C)C)cc1. The second kappa shape index (κ2) is 6.48. The zero-order valence-corrected chi connectivity index (χ0v) is 11.9. The van der Waals surface area contributed by atoms with Gasteiger partial charge in [0.15, 0.2) is 0 Å². The highest BCUT2D eigenvalue weighted by Crippen LogP contribution is 2.23. The summed E-state index contributed by atoms with van der Waals surface area (Å²) in [5, 5.41) is 3.54. The van der Waals surface area contributed by atoms with Crippen LogP contribution >= 0.6 is 0 Å². The van der Waals surface area contributed by atoms with Crippen molar-refractivity contribution in [2.45, 2.75) is 32.7 Å². The van der Waals surface area contributed by atoms with Crippen LogP contribution in [0, 0.1) is 0 Å². The standard InChI is InChI=1S/C17H22N2/c1-4-19-17(16-9-11-18-12-10-16)15-7-5-14(6-8-15)13(2)3/h5-13,17,19H,4H2,1-3H3. The van der Waals surface area contributed by atoms with Crippen LogP contribution in [0.3, 0.4) is 0 Å². The fourth-order valence-corrected chi connectivity index (χ4v) is 2.26. The fraction of sp³-hybridized carbons (Fsp3) is 0.353. The van der Waals surface area contributed by atoms with E-state index in [4.69, 9.17) is 0 Å². The van der Waals surface area contributed by atoms with Crippen LogP contribution in [0.5, 0.6) is 0 Å². The van der Waals surface area contributed by atoms with E-state index in [0.29, 0.717) is 5.92 Å². The Kier molecular flexibility index (Phi) is 4.69. The van der Waals surface area contributed by atoms with Gasteiger partial charge in [0.1, 0.15) is 0 Å². The van der Waals surface area contributed by atoms with Gasteiger partial charge in [0.05, 0.1) is 6.04 Å². The topological polar surface area (TPSA) is 24.9 Å². The van der Waals surface area contributed by atoms with E-state index in [2.05, 4.69) is 67.5 Å². The molecule has 0 fully saturated rings. The van der Waals surface area contributed by atoms with E-state index in [1.54, 1.807) is 0 Å². The van der Waals surface area contributed by atoms with Gasteiger partial charge >= 0.3 is 0 Å². The zero-order chi connectivity index (χ0) is 13.7. The molecule has 0 aliphatic heterocycles.